The molecule has 0 amide bonds. The molecule has 2 rings (SSSR count). The molecule has 1 aliphatic rings. The summed E-state index contributed by atoms with van der Waals surface area (Å²) in [5, 5.41) is 0. The topological polar surface area (TPSA) is 27.1 Å². The summed E-state index contributed by atoms with van der Waals surface area (Å²) in [6, 6.07) is 0. The molecule has 0 saturated carbocycles. The number of hydrogen-bond donors (Lipinski definition) is 1. The second kappa shape index (κ2) is 5.44. The smallest absolute Gasteiger partial charge is 0.111 e. The van der Waals surface area contributed by atoms with Crippen molar-refractivity contribution in [2.45, 2.75) is 39.2 Å². The molecule has 0 aromatic carbocycles. The Kier molecular flexibility index (Phi) is 4.15. The van der Waals surface area contributed by atoms with Gasteiger partial charge in [-0.3, -0.25) is 0 Å². The van der Waals surface area contributed by atoms with Gasteiger partial charge in [-0.1, -0.05) is 13.8 Å². The highest BCUT2D eigenvalue weighted by Gasteiger charge is 2.32. The van der Waals surface area contributed by atoms with E-state index in [1.54, 1.807) is 0 Å². The van der Waals surface area contributed by atoms with E-state index in [2.05, 4.69) is 42.2 Å². The molecule has 3 nitrogen and oxygen atoms in total. The highest BCUT2D eigenvalue weighted by molar-refractivity contribution is 7.80. The fraction of sp³-hybridized carbons (Fsp3) is 0.769. The van der Waals surface area contributed by atoms with Gasteiger partial charge in [0.05, 0.1) is 0 Å². The van der Waals surface area contributed by atoms with Crippen LogP contribution in [0.1, 0.15) is 38.4 Å². The van der Waals surface area contributed by atoms with Crippen LogP contribution in [-0.4, -0.2) is 28.5 Å². The Hall–Kier alpha value is -0.480. The van der Waals surface area contributed by atoms with Crippen LogP contribution in [0.4, 0.5) is 0 Å². The summed E-state index contributed by atoms with van der Waals surface area (Å²) < 4.78 is 7.76. The lowest BCUT2D eigenvalue weighted by Gasteiger charge is -2.36. The van der Waals surface area contributed by atoms with Gasteiger partial charge in [-0.05, 0) is 18.6 Å². The predicted molar refractivity (Wildman–Crippen MR) is 72.7 cm³/mol. The van der Waals surface area contributed by atoms with Crippen molar-refractivity contribution in [3.63, 3.8) is 0 Å². The van der Waals surface area contributed by atoms with Crippen molar-refractivity contribution in [3.05, 3.63) is 18.2 Å². The number of aromatic nitrogens is 2. The average Bonchev–Trinajstić information content (AvgIpc) is 2.78. The van der Waals surface area contributed by atoms with E-state index < -0.39 is 0 Å². The third-order valence-electron chi connectivity index (χ3n) is 3.66. The van der Waals surface area contributed by atoms with E-state index in [1.165, 1.54) is 5.82 Å². The molecule has 2 heterocycles. The van der Waals surface area contributed by atoms with E-state index in [1.807, 2.05) is 6.20 Å². The van der Waals surface area contributed by atoms with Gasteiger partial charge in [-0.25, -0.2) is 4.98 Å². The van der Waals surface area contributed by atoms with Crippen LogP contribution in [0.15, 0.2) is 12.4 Å². The molecule has 0 atom stereocenters. The number of imidazole rings is 1. The summed E-state index contributed by atoms with van der Waals surface area (Å²) in [5.74, 6) is 2.57. The Labute approximate surface area is 109 Å². The van der Waals surface area contributed by atoms with E-state index in [4.69, 9.17) is 4.74 Å². The van der Waals surface area contributed by atoms with Gasteiger partial charge in [0.25, 0.3) is 0 Å². The van der Waals surface area contributed by atoms with Crippen molar-refractivity contribution < 1.29 is 4.74 Å². The van der Waals surface area contributed by atoms with E-state index >= 15 is 0 Å². The Balaban J connectivity index is 2.14. The number of thiol groups is 1. The Bertz CT molecular complexity index is 356. The second-order valence-corrected chi connectivity index (χ2v) is 5.65. The summed E-state index contributed by atoms with van der Waals surface area (Å²) in [5.41, 5.74) is 0.283. The van der Waals surface area contributed by atoms with Crippen molar-refractivity contribution in [2.24, 2.45) is 5.41 Å². The van der Waals surface area contributed by atoms with Crippen LogP contribution in [-0.2, 0) is 11.3 Å². The summed E-state index contributed by atoms with van der Waals surface area (Å²) in [4.78, 5) is 4.45. The van der Waals surface area contributed by atoms with E-state index in [-0.39, 0.29) is 5.41 Å². The molecule has 0 bridgehead atoms. The summed E-state index contributed by atoms with van der Waals surface area (Å²) in [7, 11) is 0. The van der Waals surface area contributed by atoms with Crippen molar-refractivity contribution in [1.29, 1.82) is 0 Å². The highest BCUT2D eigenvalue weighted by Crippen LogP contribution is 2.34. The van der Waals surface area contributed by atoms with E-state index in [9.17, 15) is 0 Å². The predicted octanol–water partition coefficient (Wildman–Crippen LogP) is 2.73. The van der Waals surface area contributed by atoms with Gasteiger partial charge >= 0.3 is 0 Å². The van der Waals surface area contributed by atoms with Gasteiger partial charge in [-0.15, -0.1) is 0 Å². The normalized spacial score (nSPS) is 19.8. The first-order valence-electron chi connectivity index (χ1n) is 6.36. The van der Waals surface area contributed by atoms with Gasteiger partial charge in [0, 0.05) is 43.5 Å². The first-order chi connectivity index (χ1) is 8.17. The monoisotopic (exact) mass is 254 g/mol. The van der Waals surface area contributed by atoms with Gasteiger partial charge in [-0.2, -0.15) is 12.6 Å². The Morgan fingerprint density at radius 1 is 1.47 bits per heavy atom. The van der Waals surface area contributed by atoms with Crippen LogP contribution in [0, 0.1) is 5.41 Å². The van der Waals surface area contributed by atoms with Crippen LogP contribution >= 0.6 is 12.6 Å². The van der Waals surface area contributed by atoms with Crippen LogP contribution in [0.25, 0.3) is 0 Å². The lowest BCUT2D eigenvalue weighted by Crippen LogP contribution is -2.35. The maximum absolute atomic E-state index is 5.46. The zero-order valence-electron chi connectivity index (χ0n) is 10.7. The number of ether oxygens (including phenoxy) is 1. The molecule has 4 heteroatoms. The summed E-state index contributed by atoms with van der Waals surface area (Å²) >= 11 is 4.56. The molecule has 0 unspecified atom stereocenters. The van der Waals surface area contributed by atoms with Gasteiger partial charge in [0.2, 0.25) is 0 Å². The minimum absolute atomic E-state index is 0.283. The average molecular weight is 254 g/mol. The maximum atomic E-state index is 5.46. The van der Waals surface area contributed by atoms with Crippen LogP contribution in [0.5, 0.6) is 0 Å². The zero-order chi connectivity index (χ0) is 12.3. The van der Waals surface area contributed by atoms with Gasteiger partial charge < -0.3 is 9.30 Å². The molecule has 1 fully saturated rings. The maximum Gasteiger partial charge on any atom is 0.111 e. The first-order valence-corrected chi connectivity index (χ1v) is 7.00. The van der Waals surface area contributed by atoms with Crippen molar-refractivity contribution in [1.82, 2.24) is 9.55 Å². The van der Waals surface area contributed by atoms with Crippen molar-refractivity contribution in [3.8, 4) is 0 Å². The largest absolute Gasteiger partial charge is 0.381 e. The zero-order valence-corrected chi connectivity index (χ0v) is 11.6. The van der Waals surface area contributed by atoms with E-state index in [0.717, 1.165) is 38.4 Å². The molecule has 1 saturated heterocycles. The molecule has 1 aromatic heterocycles. The standard InChI is InChI=1S/C13H22N2OS/c1-11(2)12-14-5-6-15(12)9-13(10-17)3-7-16-8-4-13/h5-6,11,17H,3-4,7-10H2,1-2H3. The minimum atomic E-state index is 0.283. The molecular weight excluding hydrogens is 232 g/mol. The quantitative estimate of drug-likeness (QED) is 0.837. The van der Waals surface area contributed by atoms with E-state index in [0.29, 0.717) is 5.92 Å². The fourth-order valence-electron chi connectivity index (χ4n) is 2.49. The highest BCUT2D eigenvalue weighted by atomic mass is 32.1. The fourth-order valence-corrected chi connectivity index (χ4v) is 2.90. The third-order valence-corrected chi connectivity index (χ3v) is 4.33. The SMILES string of the molecule is CC(C)c1nccn1CC1(CS)CCOCC1. The molecule has 0 N–H and O–H groups in total. The summed E-state index contributed by atoms with van der Waals surface area (Å²) in [6.45, 7) is 7.14. The number of rotatable bonds is 4. The first kappa shape index (κ1) is 13.0. The number of hydrogen-bond acceptors (Lipinski definition) is 3. The molecule has 96 valence electrons. The molecular formula is C13H22N2OS. The van der Waals surface area contributed by atoms with Crippen molar-refractivity contribution >= 4 is 12.6 Å². The second-order valence-electron chi connectivity index (χ2n) is 5.34. The molecule has 1 aliphatic heterocycles. The molecule has 17 heavy (non-hydrogen) atoms. The van der Waals surface area contributed by atoms with Crippen LogP contribution < -0.4 is 0 Å². The molecule has 1 aromatic rings. The molecule has 0 spiro atoms. The van der Waals surface area contributed by atoms with Crippen molar-refractivity contribution in [2.75, 3.05) is 19.0 Å². The third kappa shape index (κ3) is 2.86. The van der Waals surface area contributed by atoms with Crippen LogP contribution in [0.3, 0.4) is 0 Å². The lowest BCUT2D eigenvalue weighted by atomic mass is 9.82. The summed E-state index contributed by atoms with van der Waals surface area (Å²) in [6.07, 6.45) is 6.20. The minimum Gasteiger partial charge on any atom is -0.381 e. The molecule has 0 aliphatic carbocycles. The Morgan fingerprint density at radius 3 is 2.76 bits per heavy atom. The molecule has 0 radical (unpaired) electrons. The van der Waals surface area contributed by atoms with Gasteiger partial charge in [0.15, 0.2) is 0 Å². The Morgan fingerprint density at radius 2 is 2.18 bits per heavy atom. The van der Waals surface area contributed by atoms with Gasteiger partial charge in [0.1, 0.15) is 5.82 Å². The number of nitrogens with zero attached hydrogens (tertiary/aromatic N) is 2. The van der Waals surface area contributed by atoms with Crippen LogP contribution in [0.2, 0.25) is 0 Å². The lowest BCUT2D eigenvalue weighted by molar-refractivity contribution is 0.0177.